The summed E-state index contributed by atoms with van der Waals surface area (Å²) in [5.74, 6) is 0.0310. The summed E-state index contributed by atoms with van der Waals surface area (Å²) in [5.41, 5.74) is 1.74. The molecule has 3 rings (SSSR count). The first-order chi connectivity index (χ1) is 16.4. The van der Waals surface area contributed by atoms with Crippen LogP contribution in [0.2, 0.25) is 0 Å². The number of benzene rings is 3. The molecule has 0 radical (unpaired) electrons. The first-order valence-corrected chi connectivity index (χ1v) is 11.1. The number of hydrogen-bond acceptors (Lipinski definition) is 6. The lowest BCUT2D eigenvalue weighted by atomic mass is 10.0. The second-order valence-electron chi connectivity index (χ2n) is 7.15. The average molecular weight is 467 g/mol. The minimum Gasteiger partial charge on any atom is -0.508 e. The van der Waals surface area contributed by atoms with Gasteiger partial charge in [0.25, 0.3) is 0 Å². The number of hydrogen-bond donors (Lipinski definition) is 3. The van der Waals surface area contributed by atoms with E-state index in [0.29, 0.717) is 47.8 Å². The van der Waals surface area contributed by atoms with Crippen molar-refractivity contribution in [2.45, 2.75) is 32.8 Å². The van der Waals surface area contributed by atoms with E-state index in [-0.39, 0.29) is 18.0 Å². The molecule has 0 heterocycles. The Hall–Kier alpha value is -3.84. The van der Waals surface area contributed by atoms with Crippen LogP contribution in [0.25, 0.3) is 0 Å². The molecule has 0 saturated carbocycles. The van der Waals surface area contributed by atoms with E-state index in [0.717, 1.165) is 0 Å². The molecule has 0 saturated heterocycles. The van der Waals surface area contributed by atoms with Gasteiger partial charge in [0.05, 0.1) is 13.2 Å². The van der Waals surface area contributed by atoms with Gasteiger partial charge in [-0.1, -0.05) is 26.0 Å². The lowest BCUT2D eigenvalue weighted by molar-refractivity contribution is -0.146. The van der Waals surface area contributed by atoms with Crippen molar-refractivity contribution in [3.63, 3.8) is 0 Å². The molecule has 180 valence electrons. The third kappa shape index (κ3) is 8.26. The number of rotatable bonds is 11. The molecule has 0 fully saturated rings. The minimum atomic E-state index is -1.42. The summed E-state index contributed by atoms with van der Waals surface area (Å²) in [4.78, 5) is 23.1. The highest BCUT2D eigenvalue weighted by Gasteiger charge is 2.13. The number of ether oxygens (including phenoxy) is 2. The number of carbonyl (C=O) groups excluding carboxylic acids is 1. The highest BCUT2D eigenvalue weighted by atomic mass is 16.5. The second kappa shape index (κ2) is 13.6. The fourth-order valence-electron chi connectivity index (χ4n) is 2.95. The van der Waals surface area contributed by atoms with E-state index >= 15 is 0 Å². The summed E-state index contributed by atoms with van der Waals surface area (Å²) in [7, 11) is 0. The van der Waals surface area contributed by atoms with E-state index in [1.807, 2.05) is 13.8 Å². The first kappa shape index (κ1) is 26.4. The standard InChI is InChI=1S/C25H24O7.C2H6/c26-20-8-4-18(5-9-20)24(28)19-6-12-22(13-7-19)32-15-1-14-31-21-10-2-17(3-11-21)16-23(27)25(29)30;1-2/h2-13,23,26-27H,1,14-16H2,(H,29,30);1-2H3. The van der Waals surface area contributed by atoms with Crippen molar-refractivity contribution in [1.82, 2.24) is 0 Å². The Labute approximate surface area is 199 Å². The smallest absolute Gasteiger partial charge is 0.332 e. The van der Waals surface area contributed by atoms with Crippen LogP contribution in [0.5, 0.6) is 17.2 Å². The molecule has 1 atom stereocenters. The zero-order valence-electron chi connectivity index (χ0n) is 19.3. The molecule has 3 aromatic carbocycles. The lowest BCUT2D eigenvalue weighted by Crippen LogP contribution is -2.21. The molecule has 0 spiro atoms. The van der Waals surface area contributed by atoms with Gasteiger partial charge in [0.15, 0.2) is 11.9 Å². The molecule has 0 aliphatic carbocycles. The maximum atomic E-state index is 12.4. The summed E-state index contributed by atoms with van der Waals surface area (Å²) in [6, 6.07) is 19.9. The van der Waals surface area contributed by atoms with E-state index in [4.69, 9.17) is 14.6 Å². The fourth-order valence-corrected chi connectivity index (χ4v) is 2.95. The van der Waals surface area contributed by atoms with Crippen LogP contribution in [0, 0.1) is 0 Å². The van der Waals surface area contributed by atoms with Crippen molar-refractivity contribution in [1.29, 1.82) is 0 Å². The van der Waals surface area contributed by atoms with Crippen LogP contribution in [0.4, 0.5) is 0 Å². The van der Waals surface area contributed by atoms with Crippen LogP contribution in [0.3, 0.4) is 0 Å². The van der Waals surface area contributed by atoms with Gasteiger partial charge >= 0.3 is 5.97 Å². The van der Waals surface area contributed by atoms with Crippen LogP contribution >= 0.6 is 0 Å². The van der Waals surface area contributed by atoms with E-state index < -0.39 is 12.1 Å². The zero-order chi connectivity index (χ0) is 24.9. The van der Waals surface area contributed by atoms with Crippen LogP contribution < -0.4 is 9.47 Å². The molecule has 3 N–H and O–H groups in total. The maximum Gasteiger partial charge on any atom is 0.332 e. The van der Waals surface area contributed by atoms with Gasteiger partial charge in [0.2, 0.25) is 0 Å². The number of aliphatic carboxylic acids is 1. The van der Waals surface area contributed by atoms with E-state index in [2.05, 4.69) is 0 Å². The number of aromatic hydroxyl groups is 1. The van der Waals surface area contributed by atoms with Crippen LogP contribution in [-0.4, -0.2) is 46.4 Å². The molecule has 0 aliphatic rings. The number of aliphatic hydroxyl groups excluding tert-OH is 1. The Morgan fingerprint density at radius 2 is 1.21 bits per heavy atom. The van der Waals surface area contributed by atoms with Gasteiger partial charge in [-0.2, -0.15) is 0 Å². The number of carbonyl (C=O) groups is 2. The summed E-state index contributed by atoms with van der Waals surface area (Å²) < 4.78 is 11.3. The monoisotopic (exact) mass is 466 g/mol. The Balaban J connectivity index is 0.00000199. The van der Waals surface area contributed by atoms with Crippen molar-refractivity contribution in [2.75, 3.05) is 13.2 Å². The SMILES string of the molecule is CC.O=C(c1ccc(O)cc1)c1ccc(OCCCOc2ccc(CC(O)C(=O)O)cc2)cc1. The van der Waals surface area contributed by atoms with Crippen molar-refractivity contribution >= 4 is 11.8 Å². The molecule has 7 nitrogen and oxygen atoms in total. The molecule has 3 aromatic rings. The fraction of sp³-hybridized carbons (Fsp3) is 0.259. The van der Waals surface area contributed by atoms with Gasteiger partial charge in [0, 0.05) is 24.0 Å². The van der Waals surface area contributed by atoms with Crippen molar-refractivity contribution in [2.24, 2.45) is 0 Å². The second-order valence-corrected chi connectivity index (χ2v) is 7.15. The van der Waals surface area contributed by atoms with Gasteiger partial charge in [-0.3, -0.25) is 4.79 Å². The normalized spacial score (nSPS) is 11.0. The number of carboxylic acids is 1. The number of aliphatic hydroxyl groups is 1. The van der Waals surface area contributed by atoms with E-state index in [1.54, 1.807) is 60.7 Å². The molecule has 1 unspecified atom stereocenters. The molecule has 0 amide bonds. The summed E-state index contributed by atoms with van der Waals surface area (Å²) >= 11 is 0. The third-order valence-corrected chi connectivity index (χ3v) is 4.71. The van der Waals surface area contributed by atoms with Gasteiger partial charge in [-0.15, -0.1) is 0 Å². The predicted molar refractivity (Wildman–Crippen MR) is 129 cm³/mol. The number of phenolic OH excluding ortho intramolecular Hbond substituents is 1. The Bertz CT molecular complexity index is 1030. The van der Waals surface area contributed by atoms with Crippen LogP contribution in [-0.2, 0) is 11.2 Å². The minimum absolute atomic E-state index is 0.0444. The van der Waals surface area contributed by atoms with Gasteiger partial charge in [0.1, 0.15) is 17.2 Å². The Kier molecular flexibility index (Phi) is 10.6. The van der Waals surface area contributed by atoms with Crippen LogP contribution in [0.15, 0.2) is 72.8 Å². The third-order valence-electron chi connectivity index (χ3n) is 4.71. The number of ketones is 1. The largest absolute Gasteiger partial charge is 0.508 e. The molecule has 0 bridgehead atoms. The molecular formula is C27H30O7. The van der Waals surface area contributed by atoms with Crippen molar-refractivity contribution in [3.05, 3.63) is 89.5 Å². The van der Waals surface area contributed by atoms with E-state index in [1.165, 1.54) is 12.1 Å². The molecule has 0 aromatic heterocycles. The van der Waals surface area contributed by atoms with Crippen LogP contribution in [0.1, 0.15) is 41.8 Å². The highest BCUT2D eigenvalue weighted by Crippen LogP contribution is 2.18. The molecule has 34 heavy (non-hydrogen) atoms. The van der Waals surface area contributed by atoms with Gasteiger partial charge in [-0.25, -0.2) is 4.79 Å². The zero-order valence-corrected chi connectivity index (χ0v) is 19.3. The van der Waals surface area contributed by atoms with Gasteiger partial charge in [-0.05, 0) is 66.2 Å². The summed E-state index contributed by atoms with van der Waals surface area (Å²) in [5, 5.41) is 27.4. The Morgan fingerprint density at radius 3 is 1.68 bits per heavy atom. The first-order valence-electron chi connectivity index (χ1n) is 11.1. The molecular weight excluding hydrogens is 436 g/mol. The van der Waals surface area contributed by atoms with Gasteiger partial charge < -0.3 is 24.8 Å². The lowest BCUT2D eigenvalue weighted by Gasteiger charge is -2.10. The predicted octanol–water partition coefficient (Wildman–Crippen LogP) is 4.49. The van der Waals surface area contributed by atoms with Crippen molar-refractivity contribution < 1.29 is 34.4 Å². The number of phenols is 1. The molecule has 7 heteroatoms. The van der Waals surface area contributed by atoms with E-state index in [9.17, 15) is 19.8 Å². The average Bonchev–Trinajstić information content (AvgIpc) is 2.86. The quantitative estimate of drug-likeness (QED) is 0.282. The maximum absolute atomic E-state index is 12.4. The summed E-state index contributed by atoms with van der Waals surface area (Å²) in [6.07, 6.45) is -0.727. The van der Waals surface area contributed by atoms with Crippen molar-refractivity contribution in [3.8, 4) is 17.2 Å². The Morgan fingerprint density at radius 1 is 0.765 bits per heavy atom. The highest BCUT2D eigenvalue weighted by molar-refractivity contribution is 6.09. The summed E-state index contributed by atoms with van der Waals surface area (Å²) in [6.45, 7) is 4.88. The number of carboxylic acid groups (broad SMARTS) is 1. The topological polar surface area (TPSA) is 113 Å². The molecule has 0 aliphatic heterocycles.